The van der Waals surface area contributed by atoms with E-state index in [2.05, 4.69) is 5.32 Å². The number of rotatable bonds is 4. The molecule has 1 amide bonds. The number of hydrogen-bond acceptors (Lipinski definition) is 3. The number of benzene rings is 2. The molecule has 0 bridgehead atoms. The molecule has 0 radical (unpaired) electrons. The molecule has 0 aliphatic heterocycles. The van der Waals surface area contributed by atoms with Gasteiger partial charge in [-0.25, -0.2) is 0 Å². The molecule has 0 aliphatic rings. The number of halogens is 1. The molecular weight excluding hydrogens is 316 g/mol. The summed E-state index contributed by atoms with van der Waals surface area (Å²) in [7, 11) is 0. The molecule has 0 aromatic heterocycles. The van der Waals surface area contributed by atoms with Crippen molar-refractivity contribution >= 4 is 23.2 Å². The molecule has 0 aliphatic carbocycles. The van der Waals surface area contributed by atoms with Crippen LogP contribution in [0.15, 0.2) is 36.4 Å². The average molecular weight is 333 g/mol. The summed E-state index contributed by atoms with van der Waals surface area (Å²) in [6.45, 7) is 5.90. The maximum atomic E-state index is 12.3. The molecule has 0 spiro atoms. The summed E-state index contributed by atoms with van der Waals surface area (Å²) < 4.78 is 0. The van der Waals surface area contributed by atoms with Crippen molar-refractivity contribution in [1.82, 2.24) is 5.32 Å². The van der Waals surface area contributed by atoms with Crippen LogP contribution in [0.1, 0.15) is 40.0 Å². The van der Waals surface area contributed by atoms with Crippen molar-refractivity contribution in [3.8, 4) is 0 Å². The molecule has 5 nitrogen and oxygen atoms in total. The summed E-state index contributed by atoms with van der Waals surface area (Å²) >= 11 is 5.76. The highest BCUT2D eigenvalue weighted by Crippen LogP contribution is 2.25. The Balaban J connectivity index is 2.19. The maximum absolute atomic E-state index is 12.3. The number of nitrogens with zero attached hydrogens (tertiary/aromatic N) is 1. The highest BCUT2D eigenvalue weighted by Gasteiger charge is 2.18. The summed E-state index contributed by atoms with van der Waals surface area (Å²) in [5.74, 6) is -0.379. The molecule has 1 atom stereocenters. The second kappa shape index (κ2) is 6.79. The fourth-order valence-corrected chi connectivity index (χ4v) is 2.38. The summed E-state index contributed by atoms with van der Waals surface area (Å²) in [6, 6.07) is 9.78. The minimum Gasteiger partial charge on any atom is -0.346 e. The van der Waals surface area contributed by atoms with Gasteiger partial charge in [-0.1, -0.05) is 29.8 Å². The largest absolute Gasteiger partial charge is 0.346 e. The first kappa shape index (κ1) is 17.0. The molecule has 0 heterocycles. The van der Waals surface area contributed by atoms with E-state index in [1.807, 2.05) is 39.0 Å². The van der Waals surface area contributed by atoms with Gasteiger partial charge in [-0.3, -0.25) is 14.9 Å². The quantitative estimate of drug-likeness (QED) is 0.668. The summed E-state index contributed by atoms with van der Waals surface area (Å²) in [4.78, 5) is 22.6. The second-order valence-corrected chi connectivity index (χ2v) is 5.87. The van der Waals surface area contributed by atoms with E-state index in [4.69, 9.17) is 11.6 Å². The number of nitro benzene ring substituents is 1. The first-order valence-electron chi connectivity index (χ1n) is 7.11. The van der Waals surface area contributed by atoms with Crippen LogP contribution in [-0.2, 0) is 0 Å². The van der Waals surface area contributed by atoms with Gasteiger partial charge < -0.3 is 5.32 Å². The van der Waals surface area contributed by atoms with E-state index in [9.17, 15) is 14.9 Å². The van der Waals surface area contributed by atoms with E-state index in [0.717, 1.165) is 11.1 Å². The van der Waals surface area contributed by atoms with Crippen LogP contribution in [0.5, 0.6) is 0 Å². The molecule has 2 rings (SSSR count). The zero-order valence-electron chi connectivity index (χ0n) is 13.1. The van der Waals surface area contributed by atoms with E-state index in [1.165, 1.54) is 23.8 Å². The van der Waals surface area contributed by atoms with E-state index < -0.39 is 4.92 Å². The normalized spacial score (nSPS) is 11.8. The summed E-state index contributed by atoms with van der Waals surface area (Å²) in [6.07, 6.45) is 0. The van der Waals surface area contributed by atoms with Gasteiger partial charge in [0, 0.05) is 11.6 Å². The standard InChI is InChI=1S/C17H17ClN2O3/c1-10-4-5-13(8-11(10)2)12(3)19-17(21)14-6-7-15(18)16(9-14)20(22)23/h4-9,12H,1-3H3,(H,19,21). The van der Waals surface area contributed by atoms with Crippen molar-refractivity contribution in [3.63, 3.8) is 0 Å². The van der Waals surface area contributed by atoms with Gasteiger partial charge >= 0.3 is 0 Å². The Labute approximate surface area is 139 Å². The lowest BCUT2D eigenvalue weighted by atomic mass is 10.0. The molecule has 1 N–H and O–H groups in total. The zero-order valence-corrected chi connectivity index (χ0v) is 13.8. The molecular formula is C17H17ClN2O3. The predicted octanol–water partition coefficient (Wildman–Crippen LogP) is 4.36. The fraction of sp³-hybridized carbons (Fsp3) is 0.235. The summed E-state index contributed by atoms with van der Waals surface area (Å²) in [5, 5.41) is 13.7. The van der Waals surface area contributed by atoms with Gasteiger partial charge in [-0.2, -0.15) is 0 Å². The van der Waals surface area contributed by atoms with Crippen molar-refractivity contribution < 1.29 is 9.72 Å². The monoisotopic (exact) mass is 332 g/mol. The van der Waals surface area contributed by atoms with Crippen LogP contribution in [0, 0.1) is 24.0 Å². The minimum absolute atomic E-state index is 0.00811. The van der Waals surface area contributed by atoms with Gasteiger partial charge in [0.1, 0.15) is 5.02 Å². The van der Waals surface area contributed by atoms with Gasteiger partial charge in [0.05, 0.1) is 11.0 Å². The molecule has 2 aromatic carbocycles. The molecule has 6 heteroatoms. The lowest BCUT2D eigenvalue weighted by Crippen LogP contribution is -2.26. The summed E-state index contributed by atoms with van der Waals surface area (Å²) in [5.41, 5.74) is 3.23. The third-order valence-corrected chi connectivity index (χ3v) is 4.10. The molecule has 0 saturated heterocycles. The maximum Gasteiger partial charge on any atom is 0.288 e. The van der Waals surface area contributed by atoms with Crippen LogP contribution in [0.25, 0.3) is 0 Å². The van der Waals surface area contributed by atoms with Crippen LogP contribution in [0.4, 0.5) is 5.69 Å². The number of aryl methyl sites for hydroxylation is 2. The van der Waals surface area contributed by atoms with E-state index in [-0.39, 0.29) is 28.2 Å². The Morgan fingerprint density at radius 3 is 2.48 bits per heavy atom. The lowest BCUT2D eigenvalue weighted by molar-refractivity contribution is -0.384. The van der Waals surface area contributed by atoms with E-state index in [0.29, 0.717) is 0 Å². The van der Waals surface area contributed by atoms with Crippen LogP contribution < -0.4 is 5.32 Å². The second-order valence-electron chi connectivity index (χ2n) is 5.46. The Morgan fingerprint density at radius 1 is 1.17 bits per heavy atom. The lowest BCUT2D eigenvalue weighted by Gasteiger charge is -2.16. The number of carbonyl (C=O) groups excluding carboxylic acids is 1. The van der Waals surface area contributed by atoms with Gasteiger partial charge in [0.2, 0.25) is 0 Å². The smallest absolute Gasteiger partial charge is 0.288 e. The molecule has 23 heavy (non-hydrogen) atoms. The topological polar surface area (TPSA) is 72.2 Å². The fourth-order valence-electron chi connectivity index (χ4n) is 2.19. The number of carbonyl (C=O) groups is 1. The first-order valence-corrected chi connectivity index (χ1v) is 7.49. The van der Waals surface area contributed by atoms with Crippen molar-refractivity contribution in [1.29, 1.82) is 0 Å². The van der Waals surface area contributed by atoms with Crippen LogP contribution in [0.3, 0.4) is 0 Å². The van der Waals surface area contributed by atoms with Crippen LogP contribution >= 0.6 is 11.6 Å². The first-order chi connectivity index (χ1) is 10.8. The van der Waals surface area contributed by atoms with Gasteiger partial charge in [0.15, 0.2) is 0 Å². The Hall–Kier alpha value is -2.40. The minimum atomic E-state index is -0.605. The zero-order chi connectivity index (χ0) is 17.1. The third-order valence-electron chi connectivity index (χ3n) is 3.78. The van der Waals surface area contributed by atoms with Crippen molar-refractivity contribution in [2.45, 2.75) is 26.8 Å². The SMILES string of the molecule is Cc1ccc(C(C)NC(=O)c2ccc(Cl)c([N+](=O)[O-])c2)cc1C. The Bertz CT molecular complexity index is 774. The van der Waals surface area contributed by atoms with E-state index in [1.54, 1.807) is 0 Å². The van der Waals surface area contributed by atoms with Gasteiger partial charge in [-0.05, 0) is 49.6 Å². The average Bonchev–Trinajstić information content (AvgIpc) is 2.49. The molecule has 120 valence electrons. The van der Waals surface area contributed by atoms with E-state index >= 15 is 0 Å². The van der Waals surface area contributed by atoms with Crippen LogP contribution in [0.2, 0.25) is 5.02 Å². The van der Waals surface area contributed by atoms with Crippen molar-refractivity contribution in [2.75, 3.05) is 0 Å². The number of nitrogens with one attached hydrogen (secondary N) is 1. The van der Waals surface area contributed by atoms with Gasteiger partial charge in [-0.15, -0.1) is 0 Å². The van der Waals surface area contributed by atoms with Crippen molar-refractivity contribution in [3.05, 3.63) is 73.8 Å². The Kier molecular flexibility index (Phi) is 5.01. The van der Waals surface area contributed by atoms with Crippen LogP contribution in [-0.4, -0.2) is 10.8 Å². The third kappa shape index (κ3) is 3.87. The molecule has 2 aromatic rings. The van der Waals surface area contributed by atoms with Crippen molar-refractivity contribution in [2.24, 2.45) is 0 Å². The molecule has 0 saturated carbocycles. The highest BCUT2D eigenvalue weighted by atomic mass is 35.5. The number of hydrogen-bond donors (Lipinski definition) is 1. The highest BCUT2D eigenvalue weighted by molar-refractivity contribution is 6.32. The predicted molar refractivity (Wildman–Crippen MR) is 89.9 cm³/mol. The van der Waals surface area contributed by atoms with Gasteiger partial charge in [0.25, 0.3) is 11.6 Å². The molecule has 1 unspecified atom stereocenters. The number of nitro groups is 1. The molecule has 0 fully saturated rings. The number of amides is 1. The Morgan fingerprint density at radius 2 is 1.87 bits per heavy atom.